The lowest BCUT2D eigenvalue weighted by atomic mass is 9.95. The molecule has 0 radical (unpaired) electrons. The molecule has 1 aliphatic rings. The van der Waals surface area contributed by atoms with Crippen LogP contribution in [0.1, 0.15) is 54.4 Å². The van der Waals surface area contributed by atoms with E-state index in [0.29, 0.717) is 17.8 Å². The van der Waals surface area contributed by atoms with Gasteiger partial charge < -0.3 is 10.4 Å². The van der Waals surface area contributed by atoms with Crippen LogP contribution in [0.3, 0.4) is 0 Å². The van der Waals surface area contributed by atoms with Crippen LogP contribution < -0.4 is 5.32 Å². The highest BCUT2D eigenvalue weighted by atomic mass is 19.1. The van der Waals surface area contributed by atoms with Gasteiger partial charge in [-0.15, -0.1) is 0 Å². The Morgan fingerprint density at radius 1 is 1.33 bits per heavy atom. The van der Waals surface area contributed by atoms with Crippen LogP contribution >= 0.6 is 0 Å². The van der Waals surface area contributed by atoms with Gasteiger partial charge in [-0.25, -0.2) is 9.07 Å². The predicted molar refractivity (Wildman–Crippen MR) is 98.5 cm³/mol. The van der Waals surface area contributed by atoms with E-state index in [1.54, 1.807) is 16.8 Å². The number of carbonyl (C=O) groups excluding carboxylic acids is 1. The Morgan fingerprint density at radius 2 is 2.11 bits per heavy atom. The van der Waals surface area contributed by atoms with Crippen LogP contribution in [0.4, 0.5) is 4.39 Å². The minimum absolute atomic E-state index is 0.0730. The standard InChI is InChI=1S/C20H24FN3O3/c1-2-6-13(20(26)27)12-22-19(25)18-16-9-3-4-10-17(16)24(23-18)15-8-5-7-14(21)11-15/h5,7-8,11,13H,2-4,6,9-10,12H2,1H3,(H,22,25)(H,26,27). The van der Waals surface area contributed by atoms with Crippen molar-refractivity contribution in [2.24, 2.45) is 5.92 Å². The molecule has 0 fully saturated rings. The fraction of sp³-hybridized carbons (Fsp3) is 0.450. The molecule has 0 aliphatic heterocycles. The number of aliphatic carboxylic acids is 1. The zero-order valence-corrected chi connectivity index (χ0v) is 15.4. The number of nitrogens with zero attached hydrogens (tertiary/aromatic N) is 2. The molecule has 1 atom stereocenters. The highest BCUT2D eigenvalue weighted by Crippen LogP contribution is 2.27. The third kappa shape index (κ3) is 4.18. The Balaban J connectivity index is 1.87. The molecule has 27 heavy (non-hydrogen) atoms. The fourth-order valence-corrected chi connectivity index (χ4v) is 3.56. The highest BCUT2D eigenvalue weighted by molar-refractivity contribution is 5.94. The summed E-state index contributed by atoms with van der Waals surface area (Å²) in [5.41, 5.74) is 2.71. The van der Waals surface area contributed by atoms with Gasteiger partial charge in [0.2, 0.25) is 0 Å². The topological polar surface area (TPSA) is 84.2 Å². The van der Waals surface area contributed by atoms with Gasteiger partial charge in [0.25, 0.3) is 5.91 Å². The van der Waals surface area contributed by atoms with Gasteiger partial charge in [-0.3, -0.25) is 9.59 Å². The summed E-state index contributed by atoms with van der Waals surface area (Å²) in [6, 6.07) is 6.13. The van der Waals surface area contributed by atoms with E-state index in [1.807, 2.05) is 6.92 Å². The van der Waals surface area contributed by atoms with Crippen LogP contribution in [-0.2, 0) is 17.6 Å². The van der Waals surface area contributed by atoms with Crippen molar-refractivity contribution in [2.75, 3.05) is 6.54 Å². The second kappa shape index (κ2) is 8.33. The molecule has 7 heteroatoms. The lowest BCUT2D eigenvalue weighted by Crippen LogP contribution is -2.33. The quantitative estimate of drug-likeness (QED) is 0.781. The minimum atomic E-state index is -0.913. The van der Waals surface area contributed by atoms with Crippen molar-refractivity contribution in [3.8, 4) is 5.69 Å². The van der Waals surface area contributed by atoms with Gasteiger partial charge in [0, 0.05) is 17.8 Å². The van der Waals surface area contributed by atoms with Crippen molar-refractivity contribution in [1.29, 1.82) is 0 Å². The number of fused-ring (bicyclic) bond motifs is 1. The van der Waals surface area contributed by atoms with Crippen molar-refractivity contribution in [3.63, 3.8) is 0 Å². The highest BCUT2D eigenvalue weighted by Gasteiger charge is 2.26. The number of nitrogens with one attached hydrogen (secondary N) is 1. The third-order valence-corrected chi connectivity index (χ3v) is 4.94. The van der Waals surface area contributed by atoms with Crippen LogP contribution in [0.15, 0.2) is 24.3 Å². The number of hydrogen-bond acceptors (Lipinski definition) is 3. The van der Waals surface area contributed by atoms with Crippen molar-refractivity contribution in [3.05, 3.63) is 47.0 Å². The first-order valence-corrected chi connectivity index (χ1v) is 9.39. The van der Waals surface area contributed by atoms with Gasteiger partial charge in [0.1, 0.15) is 5.82 Å². The summed E-state index contributed by atoms with van der Waals surface area (Å²) in [5, 5.41) is 16.4. The molecule has 0 spiro atoms. The monoisotopic (exact) mass is 373 g/mol. The first-order chi connectivity index (χ1) is 13.0. The van der Waals surface area contributed by atoms with E-state index in [9.17, 15) is 19.1 Å². The maximum atomic E-state index is 13.6. The molecule has 3 rings (SSSR count). The van der Waals surface area contributed by atoms with Crippen molar-refractivity contribution >= 4 is 11.9 Å². The number of hydrogen-bond donors (Lipinski definition) is 2. The summed E-state index contributed by atoms with van der Waals surface area (Å²) in [6.45, 7) is 1.98. The molecule has 0 saturated carbocycles. The molecule has 1 unspecified atom stereocenters. The first-order valence-electron chi connectivity index (χ1n) is 9.39. The van der Waals surface area contributed by atoms with Gasteiger partial charge in [0.15, 0.2) is 5.69 Å². The number of halogens is 1. The van der Waals surface area contributed by atoms with Crippen LogP contribution in [0, 0.1) is 11.7 Å². The van der Waals surface area contributed by atoms with Gasteiger partial charge in [-0.1, -0.05) is 19.4 Å². The number of carboxylic acid groups (broad SMARTS) is 1. The summed E-state index contributed by atoms with van der Waals surface area (Å²) >= 11 is 0. The van der Waals surface area contributed by atoms with Crippen molar-refractivity contribution in [2.45, 2.75) is 45.4 Å². The summed E-state index contributed by atoms with van der Waals surface area (Å²) in [4.78, 5) is 24.0. The summed E-state index contributed by atoms with van der Waals surface area (Å²) in [5.74, 6) is -2.25. The first kappa shape index (κ1) is 19.1. The van der Waals surface area contributed by atoms with Crippen LogP contribution in [-0.4, -0.2) is 33.3 Å². The van der Waals surface area contributed by atoms with E-state index in [-0.39, 0.29) is 18.3 Å². The molecule has 144 valence electrons. The molecule has 0 bridgehead atoms. The Morgan fingerprint density at radius 3 is 2.81 bits per heavy atom. The average Bonchev–Trinajstić information content (AvgIpc) is 3.04. The molecule has 1 aromatic carbocycles. The summed E-state index contributed by atoms with van der Waals surface area (Å²) < 4.78 is 15.3. The molecule has 1 amide bonds. The molecule has 1 aliphatic carbocycles. The number of carbonyl (C=O) groups is 2. The second-order valence-corrected chi connectivity index (χ2v) is 6.91. The van der Waals surface area contributed by atoms with Gasteiger partial charge in [-0.05, 0) is 50.3 Å². The molecule has 0 saturated heterocycles. The lowest BCUT2D eigenvalue weighted by molar-refractivity contribution is -0.141. The maximum Gasteiger partial charge on any atom is 0.308 e. The van der Waals surface area contributed by atoms with Crippen LogP contribution in [0.25, 0.3) is 5.69 Å². The number of amides is 1. The van der Waals surface area contributed by atoms with E-state index >= 15 is 0 Å². The van der Waals surface area contributed by atoms with Crippen molar-refractivity contribution < 1.29 is 19.1 Å². The molecular weight excluding hydrogens is 349 g/mol. The summed E-state index contributed by atoms with van der Waals surface area (Å²) in [6.07, 6.45) is 4.72. The molecular formula is C20H24FN3O3. The molecule has 6 nitrogen and oxygen atoms in total. The molecule has 1 heterocycles. The SMILES string of the molecule is CCCC(CNC(=O)c1nn(-c2cccc(F)c2)c2c1CCCC2)C(=O)O. The van der Waals surface area contributed by atoms with E-state index in [2.05, 4.69) is 10.4 Å². The number of benzene rings is 1. The lowest BCUT2D eigenvalue weighted by Gasteiger charge is -2.15. The Labute approximate surface area is 157 Å². The average molecular weight is 373 g/mol. The van der Waals surface area contributed by atoms with Crippen molar-refractivity contribution in [1.82, 2.24) is 15.1 Å². The zero-order valence-electron chi connectivity index (χ0n) is 15.4. The molecule has 1 aromatic heterocycles. The zero-order chi connectivity index (χ0) is 19.4. The largest absolute Gasteiger partial charge is 0.481 e. The van der Waals surface area contributed by atoms with Crippen LogP contribution in [0.5, 0.6) is 0 Å². The Kier molecular flexibility index (Phi) is 5.88. The van der Waals surface area contributed by atoms with E-state index < -0.39 is 11.9 Å². The predicted octanol–water partition coefficient (Wildman–Crippen LogP) is 3.12. The summed E-state index contributed by atoms with van der Waals surface area (Å²) in [7, 11) is 0. The number of rotatable bonds is 7. The second-order valence-electron chi connectivity index (χ2n) is 6.91. The van der Waals surface area contributed by atoms with E-state index in [4.69, 9.17) is 0 Å². The fourth-order valence-electron chi connectivity index (χ4n) is 3.56. The van der Waals surface area contributed by atoms with Gasteiger partial charge >= 0.3 is 5.97 Å². The number of aromatic nitrogens is 2. The Hall–Kier alpha value is -2.70. The van der Waals surface area contributed by atoms with E-state index in [0.717, 1.165) is 43.4 Å². The third-order valence-electron chi connectivity index (χ3n) is 4.94. The smallest absolute Gasteiger partial charge is 0.308 e. The van der Waals surface area contributed by atoms with Gasteiger partial charge in [0.05, 0.1) is 11.6 Å². The van der Waals surface area contributed by atoms with Crippen LogP contribution in [0.2, 0.25) is 0 Å². The maximum absolute atomic E-state index is 13.6. The minimum Gasteiger partial charge on any atom is -0.481 e. The molecule has 2 N–H and O–H groups in total. The molecule has 2 aromatic rings. The number of carboxylic acids is 1. The van der Waals surface area contributed by atoms with E-state index in [1.165, 1.54) is 12.1 Å². The van der Waals surface area contributed by atoms with Gasteiger partial charge in [-0.2, -0.15) is 5.10 Å². The normalized spacial score (nSPS) is 14.4. The Bertz CT molecular complexity index is 847.